The molecule has 120 valence electrons. The summed E-state index contributed by atoms with van der Waals surface area (Å²) in [6, 6.07) is 0. The molecule has 20 heavy (non-hydrogen) atoms. The highest BCUT2D eigenvalue weighted by Gasteiger charge is 2.34. The van der Waals surface area contributed by atoms with Gasteiger partial charge in [-0.05, 0) is 48.5 Å². The molecule has 0 fully saturated rings. The maximum absolute atomic E-state index is 11.2. The average Bonchev–Trinajstić information content (AvgIpc) is 2.30. The normalized spacial score (nSPS) is 13.4. The van der Waals surface area contributed by atoms with Crippen molar-refractivity contribution in [2.45, 2.75) is 78.3 Å². The minimum Gasteiger partial charge on any atom is -0.294 e. The maximum atomic E-state index is 11.2. The number of hydrogen-bond acceptors (Lipinski definition) is 6. The first kappa shape index (κ1) is 19.3. The van der Waals surface area contributed by atoms with Gasteiger partial charge < -0.3 is 0 Å². The van der Waals surface area contributed by atoms with Crippen LogP contribution in [0.1, 0.15) is 61.3 Å². The molecule has 0 aromatic heterocycles. The van der Waals surface area contributed by atoms with E-state index in [2.05, 4.69) is 5.43 Å². The van der Waals surface area contributed by atoms with Crippen molar-refractivity contribution >= 4 is 5.91 Å². The summed E-state index contributed by atoms with van der Waals surface area (Å²) in [5, 5.41) is 0. The Hall–Kier alpha value is -0.730. The van der Waals surface area contributed by atoms with Crippen molar-refractivity contribution in [2.24, 2.45) is 5.84 Å². The van der Waals surface area contributed by atoms with E-state index in [1.54, 1.807) is 6.92 Å². The van der Waals surface area contributed by atoms with Gasteiger partial charge in [0.1, 0.15) is 0 Å². The van der Waals surface area contributed by atoms with E-state index in [9.17, 15) is 4.79 Å². The van der Waals surface area contributed by atoms with E-state index in [1.807, 2.05) is 41.5 Å². The predicted octanol–water partition coefficient (Wildman–Crippen LogP) is 1.97. The van der Waals surface area contributed by atoms with Crippen LogP contribution in [-0.2, 0) is 24.3 Å². The summed E-state index contributed by atoms with van der Waals surface area (Å²) in [4.78, 5) is 32.4. The standard InChI is InChI=1S/C13H28N2O5/c1-11(2,3)17-19-13(7,9-8-10(16)15-14)20-18-12(4,5)6/h8-9,14H2,1-7H3,(H,15,16). The van der Waals surface area contributed by atoms with Crippen LogP contribution in [0.3, 0.4) is 0 Å². The fourth-order valence-corrected chi connectivity index (χ4v) is 0.936. The Morgan fingerprint density at radius 1 is 0.900 bits per heavy atom. The Balaban J connectivity index is 4.61. The van der Waals surface area contributed by atoms with E-state index in [-0.39, 0.29) is 18.7 Å². The van der Waals surface area contributed by atoms with Gasteiger partial charge in [0.2, 0.25) is 11.7 Å². The van der Waals surface area contributed by atoms with Crippen LogP contribution in [0.2, 0.25) is 0 Å². The number of amides is 1. The summed E-state index contributed by atoms with van der Waals surface area (Å²) in [6.07, 6.45) is 0.343. The van der Waals surface area contributed by atoms with Gasteiger partial charge in [-0.15, -0.1) is 0 Å². The summed E-state index contributed by atoms with van der Waals surface area (Å²) < 4.78 is 0. The lowest BCUT2D eigenvalue weighted by Crippen LogP contribution is -2.40. The third-order valence-electron chi connectivity index (χ3n) is 1.90. The molecule has 0 aliphatic carbocycles. The molecule has 0 saturated carbocycles. The topological polar surface area (TPSA) is 92.0 Å². The van der Waals surface area contributed by atoms with Crippen molar-refractivity contribution in [3.63, 3.8) is 0 Å². The lowest BCUT2D eigenvalue weighted by atomic mass is 10.1. The molecule has 0 aromatic rings. The van der Waals surface area contributed by atoms with Crippen LogP contribution in [0.4, 0.5) is 0 Å². The Bertz CT molecular complexity index is 289. The summed E-state index contributed by atoms with van der Waals surface area (Å²) in [5.41, 5.74) is 1.03. The minimum atomic E-state index is -1.22. The fourth-order valence-electron chi connectivity index (χ4n) is 0.936. The van der Waals surface area contributed by atoms with Gasteiger partial charge in [0, 0.05) is 12.8 Å². The second kappa shape index (κ2) is 7.33. The number of nitrogens with two attached hydrogens (primary N) is 1. The van der Waals surface area contributed by atoms with Gasteiger partial charge in [-0.25, -0.2) is 15.6 Å². The number of nitrogens with one attached hydrogen (secondary N) is 1. The van der Waals surface area contributed by atoms with Crippen LogP contribution >= 0.6 is 0 Å². The lowest BCUT2D eigenvalue weighted by Gasteiger charge is -2.32. The molecule has 0 rings (SSSR count). The molecule has 0 spiro atoms. The molecule has 0 radical (unpaired) electrons. The zero-order chi connectivity index (χ0) is 16.0. The van der Waals surface area contributed by atoms with Crippen LogP contribution in [0.5, 0.6) is 0 Å². The van der Waals surface area contributed by atoms with E-state index >= 15 is 0 Å². The van der Waals surface area contributed by atoms with Gasteiger partial charge in [0.15, 0.2) is 0 Å². The van der Waals surface area contributed by atoms with Crippen molar-refractivity contribution in [3.8, 4) is 0 Å². The highest BCUT2D eigenvalue weighted by molar-refractivity contribution is 5.75. The second-order valence-corrected chi connectivity index (χ2v) is 6.76. The van der Waals surface area contributed by atoms with E-state index in [4.69, 9.17) is 25.4 Å². The molecule has 0 aliphatic rings. The molecule has 0 heterocycles. The van der Waals surface area contributed by atoms with Crippen LogP contribution in [0.15, 0.2) is 0 Å². The van der Waals surface area contributed by atoms with Crippen LogP contribution in [0, 0.1) is 0 Å². The molecule has 0 unspecified atom stereocenters. The monoisotopic (exact) mass is 292 g/mol. The number of rotatable bonds is 7. The van der Waals surface area contributed by atoms with Crippen molar-refractivity contribution in [2.75, 3.05) is 0 Å². The van der Waals surface area contributed by atoms with E-state index in [0.29, 0.717) is 0 Å². The molecule has 0 bridgehead atoms. The molecule has 7 heteroatoms. The quantitative estimate of drug-likeness (QED) is 0.245. The molecule has 0 atom stereocenters. The zero-order valence-electron chi connectivity index (χ0n) is 13.5. The molecular formula is C13H28N2O5. The van der Waals surface area contributed by atoms with Crippen LogP contribution in [0.25, 0.3) is 0 Å². The van der Waals surface area contributed by atoms with Crippen molar-refractivity contribution in [1.82, 2.24) is 5.43 Å². The number of hydrogen-bond donors (Lipinski definition) is 2. The highest BCUT2D eigenvalue weighted by atomic mass is 17.3. The minimum absolute atomic E-state index is 0.119. The third-order valence-corrected chi connectivity index (χ3v) is 1.90. The number of carbonyl (C=O) groups excluding carboxylic acids is 1. The SMILES string of the molecule is CC(C)(C)OOC(C)(CCC(=O)NN)OOC(C)(C)C. The van der Waals surface area contributed by atoms with Gasteiger partial charge in [-0.3, -0.25) is 10.2 Å². The smallest absolute Gasteiger partial charge is 0.234 e. The molecule has 3 N–H and O–H groups in total. The van der Waals surface area contributed by atoms with Crippen LogP contribution < -0.4 is 11.3 Å². The fraction of sp³-hybridized carbons (Fsp3) is 0.923. The first-order valence-corrected chi connectivity index (χ1v) is 6.60. The van der Waals surface area contributed by atoms with E-state index < -0.39 is 17.0 Å². The molecule has 1 amide bonds. The van der Waals surface area contributed by atoms with Gasteiger partial charge in [-0.2, -0.15) is 9.78 Å². The van der Waals surface area contributed by atoms with Gasteiger partial charge in [0.05, 0.1) is 11.2 Å². The van der Waals surface area contributed by atoms with Crippen molar-refractivity contribution < 1.29 is 24.3 Å². The summed E-state index contributed by atoms with van der Waals surface area (Å²) in [5.74, 6) is 3.50. The Morgan fingerprint density at radius 2 is 1.30 bits per heavy atom. The largest absolute Gasteiger partial charge is 0.294 e. The zero-order valence-corrected chi connectivity index (χ0v) is 13.5. The molecule has 7 nitrogen and oxygen atoms in total. The average molecular weight is 292 g/mol. The highest BCUT2D eigenvalue weighted by Crippen LogP contribution is 2.25. The molecule has 0 aromatic carbocycles. The molecular weight excluding hydrogens is 264 g/mol. The summed E-state index contributed by atoms with van der Waals surface area (Å²) in [6.45, 7) is 12.7. The molecule has 0 aliphatic heterocycles. The Labute approximate surface area is 120 Å². The first-order valence-electron chi connectivity index (χ1n) is 6.60. The predicted molar refractivity (Wildman–Crippen MR) is 73.8 cm³/mol. The van der Waals surface area contributed by atoms with Gasteiger partial charge >= 0.3 is 0 Å². The number of hydrazine groups is 1. The maximum Gasteiger partial charge on any atom is 0.234 e. The van der Waals surface area contributed by atoms with E-state index in [0.717, 1.165) is 0 Å². The summed E-state index contributed by atoms with van der Waals surface area (Å²) in [7, 11) is 0. The number of carbonyl (C=O) groups is 1. The second-order valence-electron chi connectivity index (χ2n) is 6.76. The van der Waals surface area contributed by atoms with Crippen LogP contribution in [-0.4, -0.2) is 22.9 Å². The Kier molecular flexibility index (Phi) is 7.06. The third kappa shape index (κ3) is 10.1. The first-order chi connectivity index (χ1) is 8.87. The lowest BCUT2D eigenvalue weighted by molar-refractivity contribution is -0.537. The van der Waals surface area contributed by atoms with Crippen molar-refractivity contribution in [3.05, 3.63) is 0 Å². The van der Waals surface area contributed by atoms with Gasteiger partial charge in [0.25, 0.3) is 0 Å². The molecule has 0 saturated heterocycles. The van der Waals surface area contributed by atoms with Crippen molar-refractivity contribution in [1.29, 1.82) is 0 Å². The van der Waals surface area contributed by atoms with Gasteiger partial charge in [-0.1, -0.05) is 0 Å². The summed E-state index contributed by atoms with van der Waals surface area (Å²) >= 11 is 0. The van der Waals surface area contributed by atoms with E-state index in [1.165, 1.54) is 0 Å². The Morgan fingerprint density at radius 3 is 1.60 bits per heavy atom.